The third-order valence-electron chi connectivity index (χ3n) is 5.61. The van der Waals surface area contributed by atoms with Crippen LogP contribution in [0.5, 0.6) is 0 Å². The minimum atomic E-state index is 0.733. The highest BCUT2D eigenvalue weighted by Gasteiger charge is 2.39. The molecule has 136 valence electrons. The lowest BCUT2D eigenvalue weighted by molar-refractivity contribution is -0.858. The maximum absolute atomic E-state index is 2.34. The summed E-state index contributed by atoms with van der Waals surface area (Å²) in [5, 5.41) is 0. The molecule has 0 saturated carbocycles. The van der Waals surface area contributed by atoms with Gasteiger partial charge in [0.2, 0.25) is 0 Å². The second-order valence-electron chi connectivity index (χ2n) is 6.72. The molecule has 25 heavy (non-hydrogen) atoms. The van der Waals surface area contributed by atoms with E-state index in [1.165, 1.54) is 30.6 Å². The van der Waals surface area contributed by atoms with Gasteiger partial charge in [-0.15, -0.1) is 0 Å². The number of likely N-dealkylation sites (N-methyl/N-ethyl adjacent to an activating group) is 2. The Kier molecular flexibility index (Phi) is 7.22. The topological polar surface area (TPSA) is 8.88 Å². The molecule has 2 nitrogen and oxygen atoms in total. The summed E-state index contributed by atoms with van der Waals surface area (Å²) in [6.45, 7) is 8.00. The zero-order chi connectivity index (χ0) is 18.4. The molecule has 0 aliphatic carbocycles. The van der Waals surface area contributed by atoms with E-state index in [2.05, 4.69) is 62.6 Å². The Bertz CT molecular complexity index is 607. The van der Waals surface area contributed by atoms with Gasteiger partial charge in [0.1, 0.15) is 23.5 Å². The van der Waals surface area contributed by atoms with Crippen molar-refractivity contribution >= 4 is 11.4 Å². The van der Waals surface area contributed by atoms with Crippen LogP contribution >= 0.6 is 0 Å². The summed E-state index contributed by atoms with van der Waals surface area (Å²) in [7, 11) is 4.68. The first-order valence-corrected chi connectivity index (χ1v) is 10.1. The molecule has 2 aromatic rings. The molecule has 0 aromatic heterocycles. The van der Waals surface area contributed by atoms with Crippen molar-refractivity contribution in [2.75, 3.05) is 14.1 Å². The Hall–Kier alpha value is -1.64. The van der Waals surface area contributed by atoms with E-state index in [-0.39, 0.29) is 0 Å². The number of para-hydroxylation sites is 2. The molecular formula is C23H36N2+2. The Morgan fingerprint density at radius 1 is 0.680 bits per heavy atom. The molecule has 0 radical (unpaired) electrons. The first kappa shape index (κ1) is 19.7. The molecule has 0 saturated heterocycles. The second-order valence-corrected chi connectivity index (χ2v) is 6.72. The maximum Gasteiger partial charge on any atom is 0.134 e. The minimum absolute atomic E-state index is 0.733. The summed E-state index contributed by atoms with van der Waals surface area (Å²) in [5.41, 5.74) is 6.12. The van der Waals surface area contributed by atoms with Gasteiger partial charge < -0.3 is 9.80 Å². The van der Waals surface area contributed by atoms with Crippen molar-refractivity contribution in [3.05, 3.63) is 59.7 Å². The van der Waals surface area contributed by atoms with E-state index in [0.29, 0.717) is 0 Å². The molecule has 0 bridgehead atoms. The van der Waals surface area contributed by atoms with E-state index >= 15 is 0 Å². The normalized spacial score (nSPS) is 25.8. The molecule has 2 aliphatic heterocycles. The van der Waals surface area contributed by atoms with Crippen molar-refractivity contribution in [1.29, 1.82) is 0 Å². The van der Waals surface area contributed by atoms with Crippen LogP contribution in [0.1, 0.15) is 45.2 Å². The van der Waals surface area contributed by atoms with Gasteiger partial charge in [-0.2, -0.15) is 0 Å². The highest BCUT2D eigenvalue weighted by molar-refractivity contribution is 5.44. The standard InChI is InChI=1S/C19H22N2.2C2H6/c1-20-16(11-14-7-3-5-9-18(14)20)13-17-12-15-8-4-6-10-19(15)21(17)2;2*1-2/h3-10,16-17H,11-13H2,1-2H3;2*1-2H3/p+2. The lowest BCUT2D eigenvalue weighted by Gasteiger charge is -2.23. The fourth-order valence-corrected chi connectivity index (χ4v) is 4.31. The van der Waals surface area contributed by atoms with Gasteiger partial charge in [0, 0.05) is 24.0 Å². The molecule has 0 fully saturated rings. The Morgan fingerprint density at radius 2 is 1.04 bits per heavy atom. The lowest BCUT2D eigenvalue weighted by Crippen LogP contribution is -3.11. The van der Waals surface area contributed by atoms with Crippen LogP contribution in [0.3, 0.4) is 0 Å². The van der Waals surface area contributed by atoms with Crippen LogP contribution < -0.4 is 9.80 Å². The molecule has 0 spiro atoms. The molecule has 2 heterocycles. The van der Waals surface area contributed by atoms with Crippen molar-refractivity contribution in [2.24, 2.45) is 0 Å². The van der Waals surface area contributed by atoms with Crippen LogP contribution in [0.4, 0.5) is 11.4 Å². The predicted molar refractivity (Wildman–Crippen MR) is 108 cm³/mol. The Morgan fingerprint density at radius 3 is 1.40 bits per heavy atom. The fraction of sp³-hybridized carbons (Fsp3) is 0.478. The molecule has 2 aromatic carbocycles. The number of hydrogen-bond donors (Lipinski definition) is 2. The number of rotatable bonds is 2. The van der Waals surface area contributed by atoms with Crippen LogP contribution in [-0.4, -0.2) is 26.2 Å². The summed E-state index contributed by atoms with van der Waals surface area (Å²) < 4.78 is 0. The van der Waals surface area contributed by atoms with E-state index in [0.717, 1.165) is 12.1 Å². The number of quaternary nitrogens is 2. The van der Waals surface area contributed by atoms with E-state index in [9.17, 15) is 0 Å². The van der Waals surface area contributed by atoms with E-state index in [1.54, 1.807) is 20.9 Å². The minimum Gasteiger partial charge on any atom is -0.302 e. The fourth-order valence-electron chi connectivity index (χ4n) is 4.31. The predicted octanol–water partition coefficient (Wildman–Crippen LogP) is 2.97. The molecule has 2 heteroatoms. The summed E-state index contributed by atoms with van der Waals surface area (Å²) >= 11 is 0. The molecule has 0 amide bonds. The highest BCUT2D eigenvalue weighted by Crippen LogP contribution is 2.24. The van der Waals surface area contributed by atoms with Gasteiger partial charge in [-0.05, 0) is 12.1 Å². The largest absolute Gasteiger partial charge is 0.302 e. The summed E-state index contributed by atoms with van der Waals surface area (Å²) in [5.74, 6) is 0. The van der Waals surface area contributed by atoms with Gasteiger partial charge in [-0.3, -0.25) is 0 Å². The highest BCUT2D eigenvalue weighted by atomic mass is 15.2. The van der Waals surface area contributed by atoms with Gasteiger partial charge in [-0.1, -0.05) is 64.1 Å². The summed E-state index contributed by atoms with van der Waals surface area (Å²) in [6.07, 6.45) is 3.78. The SMILES string of the molecule is CC.CC.C[NH+]1c2ccccc2CC1CC1Cc2ccccc2[NH+]1C. The van der Waals surface area contributed by atoms with Crippen molar-refractivity contribution in [1.82, 2.24) is 0 Å². The van der Waals surface area contributed by atoms with E-state index in [1.807, 2.05) is 27.7 Å². The Labute approximate surface area is 154 Å². The average Bonchev–Trinajstić information content (AvgIpc) is 3.17. The molecule has 4 atom stereocenters. The van der Waals surface area contributed by atoms with Crippen molar-refractivity contribution in [3.63, 3.8) is 0 Å². The first-order chi connectivity index (χ1) is 12.2. The monoisotopic (exact) mass is 340 g/mol. The van der Waals surface area contributed by atoms with Crippen LogP contribution in [0.2, 0.25) is 0 Å². The second kappa shape index (κ2) is 9.17. The first-order valence-electron chi connectivity index (χ1n) is 10.1. The molecular weight excluding hydrogens is 304 g/mol. The quantitative estimate of drug-likeness (QED) is 0.832. The number of nitrogens with one attached hydrogen (secondary N) is 2. The van der Waals surface area contributed by atoms with Gasteiger partial charge >= 0.3 is 0 Å². The van der Waals surface area contributed by atoms with Gasteiger partial charge in [0.05, 0.1) is 20.5 Å². The number of hydrogen-bond acceptors (Lipinski definition) is 0. The molecule has 2 aliphatic rings. The third-order valence-corrected chi connectivity index (χ3v) is 5.61. The molecule has 4 unspecified atom stereocenters. The molecule has 4 rings (SSSR count). The lowest BCUT2D eigenvalue weighted by atomic mass is 10.00. The summed E-state index contributed by atoms with van der Waals surface area (Å²) in [6, 6.07) is 19.4. The van der Waals surface area contributed by atoms with E-state index < -0.39 is 0 Å². The van der Waals surface area contributed by atoms with Crippen LogP contribution in [0, 0.1) is 0 Å². The van der Waals surface area contributed by atoms with Crippen LogP contribution in [0.15, 0.2) is 48.5 Å². The average molecular weight is 341 g/mol. The summed E-state index contributed by atoms with van der Waals surface area (Å²) in [4.78, 5) is 3.21. The van der Waals surface area contributed by atoms with Crippen LogP contribution in [0.25, 0.3) is 0 Å². The van der Waals surface area contributed by atoms with Crippen molar-refractivity contribution < 1.29 is 9.80 Å². The smallest absolute Gasteiger partial charge is 0.134 e. The molecule has 2 N–H and O–H groups in total. The van der Waals surface area contributed by atoms with Gasteiger partial charge in [0.25, 0.3) is 0 Å². The van der Waals surface area contributed by atoms with Crippen molar-refractivity contribution in [3.8, 4) is 0 Å². The maximum atomic E-state index is 2.34. The Balaban J connectivity index is 0.000000528. The number of fused-ring (bicyclic) bond motifs is 2. The van der Waals surface area contributed by atoms with E-state index in [4.69, 9.17) is 0 Å². The number of benzene rings is 2. The van der Waals surface area contributed by atoms with Gasteiger partial charge in [-0.25, -0.2) is 0 Å². The third kappa shape index (κ3) is 3.96. The zero-order valence-corrected chi connectivity index (χ0v) is 16.9. The zero-order valence-electron chi connectivity index (χ0n) is 16.9. The van der Waals surface area contributed by atoms with Crippen LogP contribution in [-0.2, 0) is 12.8 Å². The van der Waals surface area contributed by atoms with Gasteiger partial charge in [0.15, 0.2) is 0 Å². The van der Waals surface area contributed by atoms with Crippen molar-refractivity contribution in [2.45, 2.75) is 59.0 Å².